The zero-order valence-corrected chi connectivity index (χ0v) is 10.2. The van der Waals surface area contributed by atoms with Gasteiger partial charge in [0.25, 0.3) is 0 Å². The summed E-state index contributed by atoms with van der Waals surface area (Å²) in [5.74, 6) is 0.347. The SMILES string of the molecule is Cc1ccc(C(=O)C[C@H]2CCCCC2=O)cc1. The van der Waals surface area contributed by atoms with Crippen LogP contribution >= 0.6 is 0 Å². The third-order valence-corrected chi connectivity index (χ3v) is 3.49. The molecule has 1 fully saturated rings. The van der Waals surface area contributed by atoms with E-state index >= 15 is 0 Å². The summed E-state index contributed by atoms with van der Waals surface area (Å²) in [6.07, 6.45) is 4.01. The van der Waals surface area contributed by atoms with Crippen LogP contribution in [0.4, 0.5) is 0 Å². The monoisotopic (exact) mass is 230 g/mol. The lowest BCUT2D eigenvalue weighted by molar-refractivity contribution is -0.124. The number of benzene rings is 1. The molecule has 0 spiro atoms. The van der Waals surface area contributed by atoms with Gasteiger partial charge in [0.2, 0.25) is 0 Å². The minimum absolute atomic E-state index is 0.0300. The number of rotatable bonds is 3. The number of carbonyl (C=O) groups is 2. The average Bonchev–Trinajstić information content (AvgIpc) is 2.33. The first-order valence-corrected chi connectivity index (χ1v) is 6.29. The number of ketones is 2. The molecule has 0 aliphatic heterocycles. The largest absolute Gasteiger partial charge is 0.299 e. The standard InChI is InChI=1S/C15H18O2/c1-11-6-8-12(9-7-11)15(17)10-13-4-2-3-5-14(13)16/h6-9,13H,2-5,10H2,1H3/t13-/m1/s1. The number of carbonyl (C=O) groups excluding carboxylic acids is 2. The van der Waals surface area contributed by atoms with E-state index < -0.39 is 0 Å². The lowest BCUT2D eigenvalue weighted by Crippen LogP contribution is -2.22. The Morgan fingerprint density at radius 3 is 2.59 bits per heavy atom. The highest BCUT2D eigenvalue weighted by Gasteiger charge is 2.24. The first-order chi connectivity index (χ1) is 8.16. The quantitative estimate of drug-likeness (QED) is 0.746. The van der Waals surface area contributed by atoms with Gasteiger partial charge in [0.1, 0.15) is 5.78 Å². The summed E-state index contributed by atoms with van der Waals surface area (Å²) in [6.45, 7) is 2.00. The maximum atomic E-state index is 12.0. The molecule has 1 aromatic carbocycles. The minimum Gasteiger partial charge on any atom is -0.299 e. The van der Waals surface area contributed by atoms with Crippen LogP contribution in [0.1, 0.15) is 48.0 Å². The Balaban J connectivity index is 2.01. The number of aryl methyl sites for hydroxylation is 1. The Bertz CT molecular complexity index is 417. The molecule has 0 unspecified atom stereocenters. The first kappa shape index (κ1) is 12.0. The molecule has 0 bridgehead atoms. The van der Waals surface area contributed by atoms with Crippen LogP contribution in [0.3, 0.4) is 0 Å². The van der Waals surface area contributed by atoms with Gasteiger partial charge in [-0.1, -0.05) is 36.2 Å². The van der Waals surface area contributed by atoms with Crippen molar-refractivity contribution < 1.29 is 9.59 Å². The molecule has 2 nitrogen and oxygen atoms in total. The molecule has 1 saturated carbocycles. The summed E-state index contributed by atoms with van der Waals surface area (Å²) in [7, 11) is 0. The van der Waals surface area contributed by atoms with E-state index in [1.165, 1.54) is 0 Å². The van der Waals surface area contributed by atoms with Gasteiger partial charge in [0.05, 0.1) is 0 Å². The summed E-state index contributed by atoms with van der Waals surface area (Å²) in [6, 6.07) is 7.59. The van der Waals surface area contributed by atoms with Crippen molar-refractivity contribution in [2.45, 2.75) is 39.0 Å². The van der Waals surface area contributed by atoms with Crippen LogP contribution < -0.4 is 0 Å². The fourth-order valence-corrected chi connectivity index (χ4v) is 2.35. The van der Waals surface area contributed by atoms with E-state index in [0.717, 1.165) is 30.4 Å². The molecule has 1 aromatic rings. The van der Waals surface area contributed by atoms with Crippen molar-refractivity contribution in [3.63, 3.8) is 0 Å². The summed E-state index contributed by atoms with van der Waals surface area (Å²) < 4.78 is 0. The second-order valence-electron chi connectivity index (χ2n) is 4.90. The molecule has 0 radical (unpaired) electrons. The van der Waals surface area contributed by atoms with Crippen molar-refractivity contribution in [1.29, 1.82) is 0 Å². The molecule has 0 amide bonds. The van der Waals surface area contributed by atoms with Crippen molar-refractivity contribution in [2.75, 3.05) is 0 Å². The highest BCUT2D eigenvalue weighted by Crippen LogP contribution is 2.24. The van der Waals surface area contributed by atoms with Crippen LogP contribution in [0, 0.1) is 12.8 Å². The van der Waals surface area contributed by atoms with Crippen molar-refractivity contribution in [3.05, 3.63) is 35.4 Å². The van der Waals surface area contributed by atoms with Crippen LogP contribution in [-0.2, 0) is 4.79 Å². The third kappa shape index (κ3) is 3.02. The van der Waals surface area contributed by atoms with Gasteiger partial charge in [0, 0.05) is 24.3 Å². The highest BCUT2D eigenvalue weighted by atomic mass is 16.1. The molecule has 90 valence electrons. The Morgan fingerprint density at radius 1 is 1.24 bits per heavy atom. The van der Waals surface area contributed by atoms with Gasteiger partial charge in [-0.2, -0.15) is 0 Å². The summed E-state index contributed by atoms with van der Waals surface area (Å²) in [4.78, 5) is 23.7. The lowest BCUT2D eigenvalue weighted by Gasteiger charge is -2.19. The van der Waals surface area contributed by atoms with Gasteiger partial charge in [-0.25, -0.2) is 0 Å². The van der Waals surface area contributed by atoms with Crippen molar-refractivity contribution in [3.8, 4) is 0 Å². The van der Waals surface area contributed by atoms with Crippen LogP contribution in [0.25, 0.3) is 0 Å². The molecule has 1 aliphatic rings. The third-order valence-electron chi connectivity index (χ3n) is 3.49. The fourth-order valence-electron chi connectivity index (χ4n) is 2.35. The number of hydrogen-bond donors (Lipinski definition) is 0. The van der Waals surface area contributed by atoms with E-state index in [0.29, 0.717) is 12.8 Å². The van der Waals surface area contributed by atoms with Gasteiger partial charge in [-0.05, 0) is 19.8 Å². The second-order valence-corrected chi connectivity index (χ2v) is 4.90. The van der Waals surface area contributed by atoms with Crippen LogP contribution in [-0.4, -0.2) is 11.6 Å². The van der Waals surface area contributed by atoms with E-state index in [4.69, 9.17) is 0 Å². The fraction of sp³-hybridized carbons (Fsp3) is 0.467. The van der Waals surface area contributed by atoms with E-state index in [-0.39, 0.29) is 17.5 Å². The average molecular weight is 230 g/mol. The maximum Gasteiger partial charge on any atom is 0.163 e. The lowest BCUT2D eigenvalue weighted by atomic mass is 9.83. The van der Waals surface area contributed by atoms with Crippen molar-refractivity contribution in [2.24, 2.45) is 5.92 Å². The zero-order chi connectivity index (χ0) is 12.3. The molecule has 2 heteroatoms. The smallest absolute Gasteiger partial charge is 0.163 e. The van der Waals surface area contributed by atoms with Crippen LogP contribution in [0.2, 0.25) is 0 Å². The number of hydrogen-bond acceptors (Lipinski definition) is 2. The molecule has 0 saturated heterocycles. The summed E-state index contributed by atoms with van der Waals surface area (Å²) in [5.41, 5.74) is 1.88. The maximum absolute atomic E-state index is 12.0. The Morgan fingerprint density at radius 2 is 1.94 bits per heavy atom. The van der Waals surface area contributed by atoms with E-state index in [9.17, 15) is 9.59 Å². The second kappa shape index (κ2) is 5.26. The first-order valence-electron chi connectivity index (χ1n) is 6.29. The molecule has 0 aromatic heterocycles. The molecule has 0 heterocycles. The molecule has 1 atom stereocenters. The zero-order valence-electron chi connectivity index (χ0n) is 10.2. The van der Waals surface area contributed by atoms with Gasteiger partial charge < -0.3 is 0 Å². The number of Topliss-reactive ketones (excluding diaryl/α,β-unsaturated/α-hetero) is 2. The predicted octanol–water partition coefficient (Wildman–Crippen LogP) is 3.33. The summed E-state index contributed by atoms with van der Waals surface area (Å²) >= 11 is 0. The Labute approximate surface area is 102 Å². The molecular formula is C15H18O2. The minimum atomic E-state index is -0.0300. The highest BCUT2D eigenvalue weighted by molar-refractivity contribution is 5.99. The molecule has 0 N–H and O–H groups in total. The molecule has 1 aliphatic carbocycles. The van der Waals surface area contributed by atoms with E-state index in [2.05, 4.69) is 0 Å². The van der Waals surface area contributed by atoms with Gasteiger partial charge in [0.15, 0.2) is 5.78 Å². The van der Waals surface area contributed by atoms with Crippen molar-refractivity contribution in [1.82, 2.24) is 0 Å². The van der Waals surface area contributed by atoms with E-state index in [1.54, 1.807) is 0 Å². The predicted molar refractivity (Wildman–Crippen MR) is 67.1 cm³/mol. The molecule has 17 heavy (non-hydrogen) atoms. The van der Waals surface area contributed by atoms with Gasteiger partial charge in [-0.15, -0.1) is 0 Å². The topological polar surface area (TPSA) is 34.1 Å². The van der Waals surface area contributed by atoms with E-state index in [1.807, 2.05) is 31.2 Å². The normalized spacial score (nSPS) is 20.3. The molecule has 2 rings (SSSR count). The van der Waals surface area contributed by atoms with Crippen molar-refractivity contribution >= 4 is 11.6 Å². The van der Waals surface area contributed by atoms with Gasteiger partial charge >= 0.3 is 0 Å². The Kier molecular flexibility index (Phi) is 3.72. The van der Waals surface area contributed by atoms with Crippen LogP contribution in [0.15, 0.2) is 24.3 Å². The molecular weight excluding hydrogens is 212 g/mol. The summed E-state index contributed by atoms with van der Waals surface area (Å²) in [5, 5.41) is 0. The Hall–Kier alpha value is -1.44. The van der Waals surface area contributed by atoms with Gasteiger partial charge in [-0.3, -0.25) is 9.59 Å². The van der Waals surface area contributed by atoms with Crippen LogP contribution in [0.5, 0.6) is 0 Å².